The van der Waals surface area contributed by atoms with Crippen LogP contribution in [0, 0.1) is 10.1 Å². The van der Waals surface area contributed by atoms with Gasteiger partial charge in [-0.2, -0.15) is 5.10 Å². The fourth-order valence-electron chi connectivity index (χ4n) is 2.86. The molecule has 3 rings (SSSR count). The van der Waals surface area contributed by atoms with Crippen LogP contribution in [0.1, 0.15) is 36.2 Å². The van der Waals surface area contributed by atoms with Gasteiger partial charge in [0.05, 0.1) is 16.2 Å². The van der Waals surface area contributed by atoms with Crippen molar-refractivity contribution < 1.29 is 14.8 Å². The van der Waals surface area contributed by atoms with E-state index in [1.165, 1.54) is 16.8 Å². The Kier molecular flexibility index (Phi) is 4.30. The summed E-state index contributed by atoms with van der Waals surface area (Å²) in [5.41, 5.74) is 0.0362. The summed E-state index contributed by atoms with van der Waals surface area (Å²) in [6.07, 6.45) is 4.96. The number of aliphatic hydroxyl groups is 1. The van der Waals surface area contributed by atoms with Gasteiger partial charge in [0.15, 0.2) is 5.69 Å². The molecule has 8 heteroatoms. The van der Waals surface area contributed by atoms with Gasteiger partial charge in [0.25, 0.3) is 11.6 Å². The lowest BCUT2D eigenvalue weighted by Gasteiger charge is -2.21. The quantitative estimate of drug-likeness (QED) is 0.642. The molecule has 1 heterocycles. The van der Waals surface area contributed by atoms with E-state index in [2.05, 4.69) is 10.4 Å². The molecule has 0 aliphatic heterocycles. The number of benzene rings is 1. The highest BCUT2D eigenvalue weighted by atomic mass is 16.6. The Morgan fingerprint density at radius 1 is 1.29 bits per heavy atom. The highest BCUT2D eigenvalue weighted by molar-refractivity contribution is 5.92. The Labute approximate surface area is 138 Å². The third kappa shape index (κ3) is 3.43. The van der Waals surface area contributed by atoms with Crippen LogP contribution >= 0.6 is 0 Å². The molecule has 0 atom stereocenters. The van der Waals surface area contributed by atoms with Gasteiger partial charge in [0.2, 0.25) is 0 Å². The smallest absolute Gasteiger partial charge is 0.271 e. The van der Waals surface area contributed by atoms with Crippen molar-refractivity contribution in [3.05, 3.63) is 52.3 Å². The molecule has 1 aliphatic carbocycles. The monoisotopic (exact) mass is 330 g/mol. The van der Waals surface area contributed by atoms with Crippen molar-refractivity contribution in [2.75, 3.05) is 6.54 Å². The minimum absolute atomic E-state index is 0.00585. The number of non-ortho nitro benzene ring substituents is 1. The van der Waals surface area contributed by atoms with Crippen molar-refractivity contribution in [1.29, 1.82) is 0 Å². The number of carbonyl (C=O) groups is 1. The van der Waals surface area contributed by atoms with Crippen LogP contribution in [0.15, 0.2) is 36.5 Å². The Balaban J connectivity index is 1.66. The maximum absolute atomic E-state index is 12.1. The molecule has 1 saturated carbocycles. The van der Waals surface area contributed by atoms with Gasteiger partial charge in [0, 0.05) is 24.9 Å². The fourth-order valence-corrected chi connectivity index (χ4v) is 2.86. The first-order chi connectivity index (χ1) is 11.5. The fraction of sp³-hybridized carbons (Fsp3) is 0.375. The average molecular weight is 330 g/mol. The highest BCUT2D eigenvalue weighted by Gasteiger charge is 2.31. The molecule has 1 amide bonds. The van der Waals surface area contributed by atoms with E-state index in [0.29, 0.717) is 18.5 Å². The van der Waals surface area contributed by atoms with E-state index in [1.54, 1.807) is 24.4 Å². The molecule has 0 bridgehead atoms. The van der Waals surface area contributed by atoms with E-state index in [-0.39, 0.29) is 23.8 Å². The van der Waals surface area contributed by atoms with E-state index in [9.17, 15) is 20.0 Å². The predicted molar refractivity (Wildman–Crippen MR) is 86.0 cm³/mol. The van der Waals surface area contributed by atoms with Crippen LogP contribution < -0.4 is 5.32 Å². The SMILES string of the molecule is O=C(NCC1(O)CCCC1)c1ccn(-c2ccc([N+](=O)[O-])cc2)n1. The van der Waals surface area contributed by atoms with Crippen molar-refractivity contribution >= 4 is 11.6 Å². The molecule has 1 aromatic carbocycles. The van der Waals surface area contributed by atoms with Gasteiger partial charge in [-0.3, -0.25) is 14.9 Å². The van der Waals surface area contributed by atoms with Crippen molar-refractivity contribution in [1.82, 2.24) is 15.1 Å². The number of carbonyl (C=O) groups excluding carboxylic acids is 1. The molecular weight excluding hydrogens is 312 g/mol. The minimum Gasteiger partial charge on any atom is -0.388 e. The lowest BCUT2D eigenvalue weighted by Crippen LogP contribution is -2.40. The second kappa shape index (κ2) is 6.40. The van der Waals surface area contributed by atoms with Gasteiger partial charge in [-0.15, -0.1) is 0 Å². The number of nitrogens with zero attached hydrogens (tertiary/aromatic N) is 3. The standard InChI is InChI=1S/C16H18N4O4/c21-15(17-11-16(22)8-1-2-9-16)14-7-10-19(18-14)12-3-5-13(6-4-12)20(23)24/h3-7,10,22H,1-2,8-9,11H2,(H,17,21). The van der Waals surface area contributed by atoms with Crippen molar-refractivity contribution in [2.24, 2.45) is 0 Å². The molecule has 0 unspecified atom stereocenters. The molecule has 126 valence electrons. The molecule has 8 nitrogen and oxygen atoms in total. The average Bonchev–Trinajstić information content (AvgIpc) is 3.23. The number of hydrogen-bond acceptors (Lipinski definition) is 5. The minimum atomic E-state index is -0.809. The molecule has 1 aromatic heterocycles. The van der Waals surface area contributed by atoms with Crippen LogP contribution in [0.5, 0.6) is 0 Å². The lowest BCUT2D eigenvalue weighted by molar-refractivity contribution is -0.384. The number of nitro groups is 1. The lowest BCUT2D eigenvalue weighted by atomic mass is 10.0. The molecule has 0 radical (unpaired) electrons. The number of rotatable bonds is 5. The molecule has 24 heavy (non-hydrogen) atoms. The van der Waals surface area contributed by atoms with Crippen molar-refractivity contribution in [2.45, 2.75) is 31.3 Å². The summed E-state index contributed by atoms with van der Waals surface area (Å²) in [4.78, 5) is 22.3. The van der Waals surface area contributed by atoms with Crippen LogP contribution in [-0.2, 0) is 0 Å². The maximum Gasteiger partial charge on any atom is 0.271 e. The van der Waals surface area contributed by atoms with Gasteiger partial charge < -0.3 is 10.4 Å². The third-order valence-electron chi connectivity index (χ3n) is 4.26. The maximum atomic E-state index is 12.1. The number of hydrogen-bond donors (Lipinski definition) is 2. The van der Waals surface area contributed by atoms with Crippen LogP contribution in [0.4, 0.5) is 5.69 Å². The van der Waals surface area contributed by atoms with E-state index in [0.717, 1.165) is 12.8 Å². The summed E-state index contributed by atoms with van der Waals surface area (Å²) in [6, 6.07) is 7.45. The van der Waals surface area contributed by atoms with Crippen LogP contribution in [0.2, 0.25) is 0 Å². The molecule has 1 fully saturated rings. The zero-order valence-electron chi connectivity index (χ0n) is 13.0. The zero-order valence-corrected chi connectivity index (χ0v) is 13.0. The Morgan fingerprint density at radius 2 is 1.96 bits per heavy atom. The predicted octanol–water partition coefficient (Wildman–Crippen LogP) is 1.82. The second-order valence-electron chi connectivity index (χ2n) is 6.03. The van der Waals surface area contributed by atoms with E-state index >= 15 is 0 Å². The first kappa shape index (κ1) is 16.1. The van der Waals surface area contributed by atoms with Gasteiger partial charge in [-0.1, -0.05) is 12.8 Å². The summed E-state index contributed by atoms with van der Waals surface area (Å²) in [5, 5.41) is 27.8. The highest BCUT2D eigenvalue weighted by Crippen LogP contribution is 2.28. The molecular formula is C16H18N4O4. The Bertz CT molecular complexity index is 748. The number of aromatic nitrogens is 2. The van der Waals surface area contributed by atoms with Crippen LogP contribution in [0.3, 0.4) is 0 Å². The van der Waals surface area contributed by atoms with Gasteiger partial charge >= 0.3 is 0 Å². The normalized spacial score (nSPS) is 16.0. The van der Waals surface area contributed by atoms with Gasteiger partial charge in [-0.25, -0.2) is 4.68 Å². The zero-order chi connectivity index (χ0) is 17.2. The van der Waals surface area contributed by atoms with E-state index < -0.39 is 10.5 Å². The first-order valence-electron chi connectivity index (χ1n) is 7.78. The Hall–Kier alpha value is -2.74. The summed E-state index contributed by atoms with van der Waals surface area (Å²) in [5.74, 6) is -0.351. The molecule has 1 aliphatic rings. The molecule has 0 spiro atoms. The van der Waals surface area contributed by atoms with Crippen LogP contribution in [0.25, 0.3) is 5.69 Å². The van der Waals surface area contributed by atoms with Gasteiger partial charge in [-0.05, 0) is 31.0 Å². The number of amides is 1. The van der Waals surface area contributed by atoms with E-state index in [4.69, 9.17) is 0 Å². The third-order valence-corrected chi connectivity index (χ3v) is 4.26. The topological polar surface area (TPSA) is 110 Å². The Morgan fingerprint density at radius 3 is 2.58 bits per heavy atom. The molecule has 0 saturated heterocycles. The summed E-state index contributed by atoms with van der Waals surface area (Å²) in [6.45, 7) is 0.218. The summed E-state index contributed by atoms with van der Waals surface area (Å²) >= 11 is 0. The second-order valence-corrected chi connectivity index (χ2v) is 6.03. The van der Waals surface area contributed by atoms with Crippen molar-refractivity contribution in [3.8, 4) is 5.69 Å². The first-order valence-corrected chi connectivity index (χ1v) is 7.78. The van der Waals surface area contributed by atoms with E-state index in [1.807, 2.05) is 0 Å². The van der Waals surface area contributed by atoms with Crippen molar-refractivity contribution in [3.63, 3.8) is 0 Å². The molecule has 2 aromatic rings. The number of nitrogens with one attached hydrogen (secondary N) is 1. The molecule has 2 N–H and O–H groups in total. The summed E-state index contributed by atoms with van der Waals surface area (Å²) in [7, 11) is 0. The van der Waals surface area contributed by atoms with Crippen LogP contribution in [-0.4, -0.2) is 37.9 Å². The largest absolute Gasteiger partial charge is 0.388 e. The summed E-state index contributed by atoms with van der Waals surface area (Å²) < 4.78 is 1.48. The number of nitro benzene ring substituents is 1. The van der Waals surface area contributed by atoms with Gasteiger partial charge in [0.1, 0.15) is 0 Å².